The zero-order chi connectivity index (χ0) is 11.6. The summed E-state index contributed by atoms with van der Waals surface area (Å²) in [4.78, 5) is 11.6. The lowest BCUT2D eigenvalue weighted by molar-refractivity contribution is -0.149. The second kappa shape index (κ2) is 4.02. The number of ether oxygens (including phenoxy) is 1. The van der Waals surface area contributed by atoms with Gasteiger partial charge in [0.15, 0.2) is 0 Å². The second-order valence-corrected chi connectivity index (χ2v) is 3.69. The van der Waals surface area contributed by atoms with Crippen LogP contribution in [-0.2, 0) is 22.1 Å². The van der Waals surface area contributed by atoms with Crippen molar-refractivity contribution in [3.8, 4) is 0 Å². The molecule has 2 N–H and O–H groups in total. The van der Waals surface area contributed by atoms with Gasteiger partial charge in [-0.05, 0) is 20.8 Å². The molecule has 0 radical (unpaired) electrons. The summed E-state index contributed by atoms with van der Waals surface area (Å²) in [6.07, 6.45) is 1.60. The van der Waals surface area contributed by atoms with Gasteiger partial charge in [-0.1, -0.05) is 0 Å². The van der Waals surface area contributed by atoms with Gasteiger partial charge < -0.3 is 10.5 Å². The predicted octanol–water partition coefficient (Wildman–Crippen LogP) is 0.466. The van der Waals surface area contributed by atoms with E-state index in [0.717, 1.165) is 5.69 Å². The Hall–Kier alpha value is -1.36. The Balaban J connectivity index is 3.05. The highest BCUT2D eigenvalue weighted by Crippen LogP contribution is 2.22. The van der Waals surface area contributed by atoms with Crippen molar-refractivity contribution < 1.29 is 9.53 Å². The number of carbonyl (C=O) groups excluding carboxylic acids is 1. The first-order valence-electron chi connectivity index (χ1n) is 4.86. The zero-order valence-corrected chi connectivity index (χ0v) is 9.57. The Morgan fingerprint density at radius 1 is 1.73 bits per heavy atom. The van der Waals surface area contributed by atoms with Crippen molar-refractivity contribution in [3.63, 3.8) is 0 Å². The van der Waals surface area contributed by atoms with Gasteiger partial charge in [-0.25, -0.2) is 4.79 Å². The van der Waals surface area contributed by atoms with Crippen LogP contribution in [0.1, 0.15) is 25.1 Å². The van der Waals surface area contributed by atoms with Crippen LogP contribution >= 0.6 is 0 Å². The molecule has 0 aliphatic carbocycles. The molecule has 1 rings (SSSR count). The molecule has 0 spiro atoms. The monoisotopic (exact) mass is 211 g/mol. The maximum atomic E-state index is 11.6. The number of carbonyl (C=O) groups is 1. The first kappa shape index (κ1) is 11.7. The van der Waals surface area contributed by atoms with E-state index in [1.54, 1.807) is 31.8 Å². The minimum atomic E-state index is -1.13. The molecular weight excluding hydrogens is 194 g/mol. The van der Waals surface area contributed by atoms with Crippen LogP contribution in [0.3, 0.4) is 0 Å². The largest absolute Gasteiger partial charge is 0.464 e. The van der Waals surface area contributed by atoms with E-state index in [-0.39, 0.29) is 0 Å². The molecule has 1 aromatic heterocycles. The van der Waals surface area contributed by atoms with Crippen molar-refractivity contribution in [2.75, 3.05) is 6.61 Å². The lowest BCUT2D eigenvalue weighted by Crippen LogP contribution is -2.43. The average molecular weight is 211 g/mol. The van der Waals surface area contributed by atoms with Crippen molar-refractivity contribution in [1.82, 2.24) is 9.78 Å². The first-order chi connectivity index (χ1) is 6.91. The van der Waals surface area contributed by atoms with E-state index in [1.807, 2.05) is 6.92 Å². The molecule has 0 saturated carbocycles. The number of aromatic nitrogens is 2. The molecule has 84 valence electrons. The van der Waals surface area contributed by atoms with Crippen LogP contribution in [0.25, 0.3) is 0 Å². The van der Waals surface area contributed by atoms with Crippen LogP contribution in [-0.4, -0.2) is 22.4 Å². The third-order valence-corrected chi connectivity index (χ3v) is 2.49. The zero-order valence-electron chi connectivity index (χ0n) is 9.57. The van der Waals surface area contributed by atoms with Crippen LogP contribution in [0.2, 0.25) is 0 Å². The van der Waals surface area contributed by atoms with Gasteiger partial charge >= 0.3 is 5.97 Å². The molecule has 0 aliphatic rings. The van der Waals surface area contributed by atoms with E-state index in [0.29, 0.717) is 12.2 Å². The molecule has 15 heavy (non-hydrogen) atoms. The molecular formula is C10H17N3O2. The summed E-state index contributed by atoms with van der Waals surface area (Å²) in [7, 11) is 1.81. The summed E-state index contributed by atoms with van der Waals surface area (Å²) < 4.78 is 6.60. The standard InChI is InChI=1S/C10H17N3O2/c1-5-15-9(14)10(3,11)8-6-12-13(4)7(8)2/h6H,5,11H2,1-4H3/t10-/m0/s1. The molecule has 1 heterocycles. The van der Waals surface area contributed by atoms with Gasteiger partial charge in [-0.2, -0.15) is 5.10 Å². The van der Waals surface area contributed by atoms with Crippen molar-refractivity contribution in [3.05, 3.63) is 17.5 Å². The van der Waals surface area contributed by atoms with Gasteiger partial charge in [0.25, 0.3) is 0 Å². The molecule has 0 aromatic carbocycles. The first-order valence-corrected chi connectivity index (χ1v) is 4.86. The quantitative estimate of drug-likeness (QED) is 0.738. The fourth-order valence-electron chi connectivity index (χ4n) is 1.40. The van der Waals surface area contributed by atoms with E-state index in [2.05, 4.69) is 5.10 Å². The van der Waals surface area contributed by atoms with E-state index in [1.165, 1.54) is 0 Å². The fraction of sp³-hybridized carbons (Fsp3) is 0.600. The van der Waals surface area contributed by atoms with Crippen LogP contribution in [0, 0.1) is 6.92 Å². The Kier molecular flexibility index (Phi) is 3.14. The predicted molar refractivity (Wildman–Crippen MR) is 56.1 cm³/mol. The average Bonchev–Trinajstić information content (AvgIpc) is 2.48. The van der Waals surface area contributed by atoms with Gasteiger partial charge in [0, 0.05) is 18.3 Å². The minimum absolute atomic E-state index is 0.324. The fourth-order valence-corrected chi connectivity index (χ4v) is 1.40. The van der Waals surface area contributed by atoms with Gasteiger partial charge in [0.2, 0.25) is 0 Å². The minimum Gasteiger partial charge on any atom is -0.464 e. The third-order valence-electron chi connectivity index (χ3n) is 2.49. The summed E-state index contributed by atoms with van der Waals surface area (Å²) >= 11 is 0. The Bertz CT molecular complexity index is 369. The van der Waals surface area contributed by atoms with E-state index >= 15 is 0 Å². The van der Waals surface area contributed by atoms with Gasteiger partial charge in [-0.3, -0.25) is 4.68 Å². The lowest BCUT2D eigenvalue weighted by atomic mass is 9.94. The van der Waals surface area contributed by atoms with Crippen molar-refractivity contribution in [2.24, 2.45) is 12.8 Å². The number of hydrogen-bond acceptors (Lipinski definition) is 4. The molecule has 5 heteroatoms. The van der Waals surface area contributed by atoms with Crippen LogP contribution < -0.4 is 5.73 Å². The molecule has 0 saturated heterocycles. The Morgan fingerprint density at radius 2 is 2.33 bits per heavy atom. The number of nitrogens with zero attached hydrogens (tertiary/aromatic N) is 2. The summed E-state index contributed by atoms with van der Waals surface area (Å²) in [5.74, 6) is -0.430. The summed E-state index contributed by atoms with van der Waals surface area (Å²) in [5.41, 5.74) is 6.39. The number of hydrogen-bond donors (Lipinski definition) is 1. The highest BCUT2D eigenvalue weighted by Gasteiger charge is 2.35. The number of rotatable bonds is 3. The smallest absolute Gasteiger partial charge is 0.330 e. The molecule has 0 bridgehead atoms. The van der Waals surface area contributed by atoms with Crippen molar-refractivity contribution in [1.29, 1.82) is 0 Å². The topological polar surface area (TPSA) is 70.1 Å². The normalized spacial score (nSPS) is 14.7. The van der Waals surface area contributed by atoms with Gasteiger partial charge in [0.1, 0.15) is 5.54 Å². The summed E-state index contributed by atoms with van der Waals surface area (Å²) in [6, 6.07) is 0. The number of nitrogens with two attached hydrogens (primary N) is 1. The number of aryl methyl sites for hydroxylation is 1. The SMILES string of the molecule is CCOC(=O)[C@@](C)(N)c1cnn(C)c1C. The second-order valence-electron chi connectivity index (χ2n) is 3.69. The van der Waals surface area contributed by atoms with Crippen molar-refractivity contribution in [2.45, 2.75) is 26.3 Å². The molecule has 1 atom stereocenters. The summed E-state index contributed by atoms with van der Waals surface area (Å²) in [5, 5.41) is 4.05. The molecule has 5 nitrogen and oxygen atoms in total. The molecule has 0 amide bonds. The molecule has 1 aromatic rings. The van der Waals surface area contributed by atoms with E-state index in [9.17, 15) is 4.79 Å². The summed E-state index contributed by atoms with van der Waals surface area (Å²) in [6.45, 7) is 5.58. The van der Waals surface area contributed by atoms with Crippen LogP contribution in [0.15, 0.2) is 6.20 Å². The van der Waals surface area contributed by atoms with Crippen molar-refractivity contribution >= 4 is 5.97 Å². The molecule has 0 fully saturated rings. The highest BCUT2D eigenvalue weighted by atomic mass is 16.5. The Morgan fingerprint density at radius 3 is 2.73 bits per heavy atom. The molecule has 0 unspecified atom stereocenters. The van der Waals surface area contributed by atoms with Gasteiger partial charge in [0.05, 0.1) is 12.8 Å². The molecule has 0 aliphatic heterocycles. The maximum absolute atomic E-state index is 11.6. The van der Waals surface area contributed by atoms with E-state index < -0.39 is 11.5 Å². The van der Waals surface area contributed by atoms with E-state index in [4.69, 9.17) is 10.5 Å². The number of esters is 1. The maximum Gasteiger partial charge on any atom is 0.330 e. The van der Waals surface area contributed by atoms with Crippen LogP contribution in [0.4, 0.5) is 0 Å². The van der Waals surface area contributed by atoms with Gasteiger partial charge in [-0.15, -0.1) is 0 Å². The Labute approximate surface area is 89.2 Å². The van der Waals surface area contributed by atoms with Crippen LogP contribution in [0.5, 0.6) is 0 Å². The lowest BCUT2D eigenvalue weighted by Gasteiger charge is -2.21. The highest BCUT2D eigenvalue weighted by molar-refractivity contribution is 5.82. The third kappa shape index (κ3) is 2.02.